The highest BCUT2D eigenvalue weighted by Gasteiger charge is 2.14. The molecule has 49 valence electrons. The topological polar surface area (TPSA) is 29.1 Å². The van der Waals surface area contributed by atoms with Gasteiger partial charge in [-0.25, -0.2) is 5.11 Å². The zero-order chi connectivity index (χ0) is 6.62. The Morgan fingerprint density at radius 1 is 1.50 bits per heavy atom. The molecule has 0 bridgehead atoms. The molecule has 0 aromatic heterocycles. The Bertz CT molecular complexity index is 59.5. The molecule has 0 aromatic carbocycles. The third-order valence-corrected chi connectivity index (χ3v) is 1.26. The van der Waals surface area contributed by atoms with E-state index in [0.717, 1.165) is 0 Å². The molecule has 0 aromatic rings. The molecule has 0 rings (SSSR count). The molecular weight excluding hydrogens is 104 g/mol. The lowest BCUT2D eigenvalue weighted by Crippen LogP contribution is -2.23. The molecule has 0 aliphatic rings. The second-order valence-corrected chi connectivity index (χ2v) is 2.42. The van der Waals surface area contributed by atoms with Gasteiger partial charge in [0.05, 0.1) is 12.2 Å². The predicted molar refractivity (Wildman–Crippen MR) is 31.3 cm³/mol. The number of ether oxygens (including phenoxy) is 1. The molecule has 0 aliphatic heterocycles. The Morgan fingerprint density at radius 3 is 2.12 bits per heavy atom. The summed E-state index contributed by atoms with van der Waals surface area (Å²) in [5, 5.41) is 10.0. The van der Waals surface area contributed by atoms with E-state index >= 15 is 0 Å². The summed E-state index contributed by atoms with van der Waals surface area (Å²) in [6.07, 6.45) is 0.587. The summed E-state index contributed by atoms with van der Waals surface area (Å²) >= 11 is 0. The van der Waals surface area contributed by atoms with E-state index in [1.807, 2.05) is 13.8 Å². The van der Waals surface area contributed by atoms with E-state index in [4.69, 9.17) is 4.74 Å². The third kappa shape index (κ3) is 2.99. The molecule has 0 heterocycles. The van der Waals surface area contributed by atoms with Crippen molar-refractivity contribution < 1.29 is 9.84 Å². The van der Waals surface area contributed by atoms with Crippen molar-refractivity contribution in [2.75, 3.05) is 13.7 Å². The second-order valence-electron chi connectivity index (χ2n) is 2.42. The molecule has 0 atom stereocenters. The highest BCUT2D eigenvalue weighted by atomic mass is 16.5. The molecule has 8 heavy (non-hydrogen) atoms. The molecule has 1 radical (unpaired) electrons. The van der Waals surface area contributed by atoms with Crippen LogP contribution in [-0.2, 0) is 9.84 Å². The van der Waals surface area contributed by atoms with Gasteiger partial charge >= 0.3 is 0 Å². The Hall–Kier alpha value is -0.0800. The van der Waals surface area contributed by atoms with Gasteiger partial charge in [0.15, 0.2) is 0 Å². The summed E-state index contributed by atoms with van der Waals surface area (Å²) < 4.78 is 4.98. The molecule has 0 amide bonds. The summed E-state index contributed by atoms with van der Waals surface area (Å²) in [5.41, 5.74) is -0.220. The van der Waals surface area contributed by atoms with E-state index in [-0.39, 0.29) is 12.2 Å². The van der Waals surface area contributed by atoms with E-state index < -0.39 is 0 Å². The Balaban J connectivity index is 3.37. The molecule has 2 heteroatoms. The van der Waals surface area contributed by atoms with Crippen LogP contribution >= 0.6 is 0 Å². The quantitative estimate of drug-likeness (QED) is 0.546. The molecule has 0 spiro atoms. The van der Waals surface area contributed by atoms with Gasteiger partial charge in [0, 0.05) is 13.5 Å². The summed E-state index contributed by atoms with van der Waals surface area (Å²) in [4.78, 5) is 0. The van der Waals surface area contributed by atoms with Gasteiger partial charge < -0.3 is 4.74 Å². The minimum atomic E-state index is -0.220. The van der Waals surface area contributed by atoms with Gasteiger partial charge in [0.25, 0.3) is 0 Å². The van der Waals surface area contributed by atoms with E-state index in [9.17, 15) is 5.11 Å². The fraction of sp³-hybridized carbons (Fsp3) is 1.00. The summed E-state index contributed by atoms with van der Waals surface area (Å²) in [6, 6.07) is 0. The zero-order valence-corrected chi connectivity index (χ0v) is 5.73. The fourth-order valence-electron chi connectivity index (χ4n) is 0.348. The van der Waals surface area contributed by atoms with Crippen LogP contribution in [0.3, 0.4) is 0 Å². The van der Waals surface area contributed by atoms with Crippen LogP contribution < -0.4 is 0 Å². The van der Waals surface area contributed by atoms with Crippen molar-refractivity contribution in [3.63, 3.8) is 0 Å². The number of methoxy groups -OCH3 is 1. The summed E-state index contributed by atoms with van der Waals surface area (Å²) in [7, 11) is 1.62. The monoisotopic (exact) mass is 117 g/mol. The van der Waals surface area contributed by atoms with E-state index in [2.05, 4.69) is 0 Å². The van der Waals surface area contributed by atoms with Gasteiger partial charge in [0.2, 0.25) is 0 Å². The van der Waals surface area contributed by atoms with Gasteiger partial charge in [0.1, 0.15) is 0 Å². The van der Waals surface area contributed by atoms with Crippen molar-refractivity contribution in [3.05, 3.63) is 0 Å². The molecule has 0 saturated heterocycles. The maximum Gasteiger partial charge on any atom is 0.0849 e. The first kappa shape index (κ1) is 7.92. The Morgan fingerprint density at radius 2 is 2.00 bits per heavy atom. The van der Waals surface area contributed by atoms with Crippen LogP contribution in [0.5, 0.6) is 0 Å². The van der Waals surface area contributed by atoms with Gasteiger partial charge in [-0.2, -0.15) is 0 Å². The van der Waals surface area contributed by atoms with Crippen molar-refractivity contribution in [1.29, 1.82) is 0 Å². The van der Waals surface area contributed by atoms with Gasteiger partial charge in [-0.3, -0.25) is 0 Å². The highest BCUT2D eigenvalue weighted by molar-refractivity contribution is 4.65. The van der Waals surface area contributed by atoms with E-state index in [1.54, 1.807) is 7.11 Å². The van der Waals surface area contributed by atoms with Gasteiger partial charge in [-0.05, 0) is 13.8 Å². The lowest BCUT2D eigenvalue weighted by molar-refractivity contribution is -0.00578. The second kappa shape index (κ2) is 3.05. The SMILES string of the molecule is COC(C)(C)CC[O]. The predicted octanol–water partition coefficient (Wildman–Crippen LogP) is 1.23. The van der Waals surface area contributed by atoms with Crippen LogP contribution in [0.2, 0.25) is 0 Å². The smallest absolute Gasteiger partial charge is 0.0849 e. The summed E-state index contributed by atoms with van der Waals surface area (Å²) in [6.45, 7) is 3.76. The van der Waals surface area contributed by atoms with Crippen LogP contribution in [-0.4, -0.2) is 19.3 Å². The van der Waals surface area contributed by atoms with E-state index in [1.165, 1.54) is 0 Å². The minimum absolute atomic E-state index is 0.0547. The fourth-order valence-corrected chi connectivity index (χ4v) is 0.348. The largest absolute Gasteiger partial charge is 0.379 e. The van der Waals surface area contributed by atoms with Crippen molar-refractivity contribution in [1.82, 2.24) is 0 Å². The van der Waals surface area contributed by atoms with Crippen LogP contribution in [0.15, 0.2) is 0 Å². The number of hydrogen-bond donors (Lipinski definition) is 0. The molecular formula is C6H13O2. The number of rotatable bonds is 3. The maximum absolute atomic E-state index is 10.0. The average Bonchev–Trinajstić information content (AvgIpc) is 1.67. The van der Waals surface area contributed by atoms with Crippen LogP contribution in [0.1, 0.15) is 20.3 Å². The van der Waals surface area contributed by atoms with Crippen molar-refractivity contribution >= 4 is 0 Å². The normalized spacial score (nSPS) is 12.0. The molecule has 0 saturated carbocycles. The Labute approximate surface area is 50.5 Å². The Kier molecular flexibility index (Phi) is 3.02. The van der Waals surface area contributed by atoms with Gasteiger partial charge in [-0.15, -0.1) is 0 Å². The summed E-state index contributed by atoms with van der Waals surface area (Å²) in [5.74, 6) is 0. The van der Waals surface area contributed by atoms with Crippen molar-refractivity contribution in [3.8, 4) is 0 Å². The molecule has 0 N–H and O–H groups in total. The first-order chi connectivity index (χ1) is 3.62. The van der Waals surface area contributed by atoms with E-state index in [0.29, 0.717) is 6.42 Å². The maximum atomic E-state index is 10.0. The lowest BCUT2D eigenvalue weighted by atomic mass is 10.1. The lowest BCUT2D eigenvalue weighted by Gasteiger charge is -2.20. The standard InChI is InChI=1S/C6H13O2/c1-6(2,8-3)4-5-7/h4-5H2,1-3H3. The zero-order valence-electron chi connectivity index (χ0n) is 5.73. The van der Waals surface area contributed by atoms with Crippen LogP contribution in [0.4, 0.5) is 0 Å². The first-order valence-corrected chi connectivity index (χ1v) is 2.75. The molecule has 2 nitrogen and oxygen atoms in total. The van der Waals surface area contributed by atoms with Crippen molar-refractivity contribution in [2.45, 2.75) is 25.9 Å². The van der Waals surface area contributed by atoms with Crippen LogP contribution in [0, 0.1) is 0 Å². The van der Waals surface area contributed by atoms with Crippen LogP contribution in [0.25, 0.3) is 0 Å². The van der Waals surface area contributed by atoms with Crippen molar-refractivity contribution in [2.24, 2.45) is 0 Å². The molecule has 0 fully saturated rings. The highest BCUT2D eigenvalue weighted by Crippen LogP contribution is 2.10. The van der Waals surface area contributed by atoms with Gasteiger partial charge in [-0.1, -0.05) is 0 Å². The first-order valence-electron chi connectivity index (χ1n) is 2.75. The molecule has 0 aliphatic carbocycles. The number of hydrogen-bond acceptors (Lipinski definition) is 1. The average molecular weight is 117 g/mol. The minimum Gasteiger partial charge on any atom is -0.379 e. The third-order valence-electron chi connectivity index (χ3n) is 1.26. The molecule has 0 unspecified atom stereocenters.